The van der Waals surface area contributed by atoms with E-state index >= 15 is 0 Å². The van der Waals surface area contributed by atoms with Gasteiger partial charge in [-0.15, -0.1) is 0 Å². The lowest BCUT2D eigenvalue weighted by Crippen LogP contribution is -2.32. The van der Waals surface area contributed by atoms with Gasteiger partial charge in [-0.2, -0.15) is 0 Å². The molecular formula is C28H28N4O3. The molecule has 1 aliphatic rings. The molecule has 0 spiro atoms. The molecule has 0 atom stereocenters. The van der Waals surface area contributed by atoms with Crippen LogP contribution >= 0.6 is 0 Å². The summed E-state index contributed by atoms with van der Waals surface area (Å²) in [6, 6.07) is 18.3. The van der Waals surface area contributed by atoms with Crippen LogP contribution in [0.15, 0.2) is 73.1 Å². The molecule has 1 fully saturated rings. The van der Waals surface area contributed by atoms with Crippen molar-refractivity contribution in [2.75, 3.05) is 5.32 Å². The summed E-state index contributed by atoms with van der Waals surface area (Å²) in [6.45, 7) is 2.34. The molecule has 2 heterocycles. The number of anilines is 1. The molecule has 5 rings (SSSR count). The first kappa shape index (κ1) is 22.7. The summed E-state index contributed by atoms with van der Waals surface area (Å²) in [5.74, 6) is 0.270. The number of amides is 2. The van der Waals surface area contributed by atoms with Gasteiger partial charge in [0.1, 0.15) is 18.0 Å². The first-order valence-corrected chi connectivity index (χ1v) is 11.9. The zero-order valence-corrected chi connectivity index (χ0v) is 19.7. The highest BCUT2D eigenvalue weighted by molar-refractivity contribution is 6.04. The van der Waals surface area contributed by atoms with Gasteiger partial charge in [0.05, 0.1) is 5.69 Å². The van der Waals surface area contributed by atoms with E-state index in [0.717, 1.165) is 29.7 Å². The summed E-state index contributed by atoms with van der Waals surface area (Å²) >= 11 is 0. The molecule has 1 aliphatic carbocycles. The van der Waals surface area contributed by atoms with Gasteiger partial charge in [0.15, 0.2) is 0 Å². The number of carbonyl (C=O) groups is 2. The van der Waals surface area contributed by atoms with Gasteiger partial charge in [-0.25, -0.2) is 4.98 Å². The number of nitrogens with one attached hydrogen (secondary N) is 2. The topological polar surface area (TPSA) is 84.7 Å². The third-order valence-electron chi connectivity index (χ3n) is 6.23. The molecule has 0 unspecified atom stereocenters. The smallest absolute Gasteiger partial charge is 0.255 e. The normalized spacial score (nSPS) is 13.6. The van der Waals surface area contributed by atoms with E-state index in [-0.39, 0.29) is 17.9 Å². The summed E-state index contributed by atoms with van der Waals surface area (Å²) in [5.41, 5.74) is 4.53. The molecule has 0 saturated heterocycles. The van der Waals surface area contributed by atoms with Crippen LogP contribution in [0.2, 0.25) is 0 Å². The highest BCUT2D eigenvalue weighted by atomic mass is 16.5. The highest BCUT2D eigenvalue weighted by Crippen LogP contribution is 2.20. The summed E-state index contributed by atoms with van der Waals surface area (Å²) in [6.07, 6.45) is 8.38. The second kappa shape index (κ2) is 10.0. The second-order valence-corrected chi connectivity index (χ2v) is 9.01. The molecule has 2 aromatic carbocycles. The quantitative estimate of drug-likeness (QED) is 0.393. The average molecular weight is 469 g/mol. The SMILES string of the molecule is Cc1ccc2nc(COc3cccc(C(=O)Nc4ccc(C(=O)NC5CCCC5)cc4)c3)cn2c1. The Morgan fingerprint density at radius 1 is 0.971 bits per heavy atom. The fourth-order valence-corrected chi connectivity index (χ4v) is 4.36. The van der Waals surface area contributed by atoms with E-state index in [4.69, 9.17) is 4.74 Å². The van der Waals surface area contributed by atoms with E-state index in [2.05, 4.69) is 15.6 Å². The maximum Gasteiger partial charge on any atom is 0.255 e. The van der Waals surface area contributed by atoms with Crippen LogP contribution in [0, 0.1) is 6.92 Å². The number of benzene rings is 2. The number of nitrogens with zero attached hydrogens (tertiary/aromatic N) is 2. The van der Waals surface area contributed by atoms with Crippen molar-refractivity contribution in [2.24, 2.45) is 0 Å². The van der Waals surface area contributed by atoms with Crippen molar-refractivity contribution in [1.29, 1.82) is 0 Å². The van der Waals surface area contributed by atoms with E-state index in [1.54, 1.807) is 42.5 Å². The minimum atomic E-state index is -0.248. The maximum atomic E-state index is 12.8. The van der Waals surface area contributed by atoms with Crippen molar-refractivity contribution in [3.05, 3.63) is 95.4 Å². The van der Waals surface area contributed by atoms with Crippen molar-refractivity contribution in [1.82, 2.24) is 14.7 Å². The molecule has 1 saturated carbocycles. The van der Waals surface area contributed by atoms with Crippen molar-refractivity contribution >= 4 is 23.1 Å². The van der Waals surface area contributed by atoms with Crippen LogP contribution in [0.1, 0.15) is 57.7 Å². The van der Waals surface area contributed by atoms with Crippen LogP contribution in [0.25, 0.3) is 5.65 Å². The first-order chi connectivity index (χ1) is 17.0. The Morgan fingerprint density at radius 2 is 1.77 bits per heavy atom. The van der Waals surface area contributed by atoms with Crippen LogP contribution in [0.5, 0.6) is 5.75 Å². The minimum Gasteiger partial charge on any atom is -0.487 e. The Bertz CT molecular complexity index is 1350. The van der Waals surface area contributed by atoms with Crippen LogP contribution in [0.3, 0.4) is 0 Å². The van der Waals surface area contributed by atoms with E-state index in [0.29, 0.717) is 29.2 Å². The molecule has 7 nitrogen and oxygen atoms in total. The van der Waals surface area contributed by atoms with Crippen LogP contribution in [0.4, 0.5) is 5.69 Å². The second-order valence-electron chi connectivity index (χ2n) is 9.01. The Hall–Kier alpha value is -4.13. The summed E-state index contributed by atoms with van der Waals surface area (Å²) in [7, 11) is 0. The lowest BCUT2D eigenvalue weighted by molar-refractivity contribution is 0.0937. The molecule has 2 N–H and O–H groups in total. The number of rotatable bonds is 7. The Balaban J connectivity index is 1.18. The lowest BCUT2D eigenvalue weighted by Gasteiger charge is -2.12. The Kier molecular flexibility index (Phi) is 6.48. The number of pyridine rings is 1. The molecular weight excluding hydrogens is 440 g/mol. The fourth-order valence-electron chi connectivity index (χ4n) is 4.36. The highest BCUT2D eigenvalue weighted by Gasteiger charge is 2.18. The number of hydrogen-bond donors (Lipinski definition) is 2. The van der Waals surface area contributed by atoms with Crippen molar-refractivity contribution < 1.29 is 14.3 Å². The van der Waals surface area contributed by atoms with Crippen LogP contribution < -0.4 is 15.4 Å². The van der Waals surface area contributed by atoms with E-state index < -0.39 is 0 Å². The van der Waals surface area contributed by atoms with Gasteiger partial charge < -0.3 is 19.8 Å². The van der Waals surface area contributed by atoms with Crippen LogP contribution in [-0.2, 0) is 6.61 Å². The van der Waals surface area contributed by atoms with Gasteiger partial charge in [0, 0.05) is 35.2 Å². The zero-order chi connectivity index (χ0) is 24.2. The first-order valence-electron chi connectivity index (χ1n) is 11.9. The molecule has 7 heteroatoms. The molecule has 35 heavy (non-hydrogen) atoms. The molecule has 0 bridgehead atoms. The monoisotopic (exact) mass is 468 g/mol. The number of aryl methyl sites for hydroxylation is 1. The molecule has 0 radical (unpaired) electrons. The van der Waals surface area contributed by atoms with Gasteiger partial charge in [-0.05, 0) is 73.9 Å². The Labute approximate surface area is 204 Å². The minimum absolute atomic E-state index is 0.0691. The predicted octanol–water partition coefficient (Wildman–Crippen LogP) is 5.15. The number of fused-ring (bicyclic) bond motifs is 1. The van der Waals surface area contributed by atoms with E-state index in [9.17, 15) is 9.59 Å². The Morgan fingerprint density at radius 3 is 2.57 bits per heavy atom. The van der Waals surface area contributed by atoms with Gasteiger partial charge in [-0.3, -0.25) is 9.59 Å². The number of imidazole rings is 1. The third kappa shape index (κ3) is 5.51. The standard InChI is InChI=1S/C28H28N4O3/c1-19-9-14-26-29-24(17-32(26)16-19)18-35-25-8-4-5-21(15-25)28(34)31-23-12-10-20(11-13-23)27(33)30-22-6-2-3-7-22/h4-5,8-17,22H,2-3,6-7,18H2,1H3,(H,30,33)(H,31,34). The van der Waals surface area contributed by atoms with Crippen molar-refractivity contribution in [2.45, 2.75) is 45.3 Å². The number of ether oxygens (including phenoxy) is 1. The molecule has 178 valence electrons. The zero-order valence-electron chi connectivity index (χ0n) is 19.7. The van der Waals surface area contributed by atoms with Crippen molar-refractivity contribution in [3.63, 3.8) is 0 Å². The largest absolute Gasteiger partial charge is 0.487 e. The average Bonchev–Trinajstić information content (AvgIpc) is 3.52. The lowest BCUT2D eigenvalue weighted by atomic mass is 10.1. The summed E-state index contributed by atoms with van der Waals surface area (Å²) in [5, 5.41) is 5.95. The van der Waals surface area contributed by atoms with Gasteiger partial charge in [0.25, 0.3) is 11.8 Å². The molecule has 0 aliphatic heterocycles. The van der Waals surface area contributed by atoms with Crippen LogP contribution in [-0.4, -0.2) is 27.2 Å². The summed E-state index contributed by atoms with van der Waals surface area (Å²) < 4.78 is 7.86. The van der Waals surface area contributed by atoms with Gasteiger partial charge in [-0.1, -0.05) is 25.0 Å². The number of aromatic nitrogens is 2. The van der Waals surface area contributed by atoms with E-state index in [1.807, 2.05) is 41.9 Å². The fraction of sp³-hybridized carbons (Fsp3) is 0.250. The summed E-state index contributed by atoms with van der Waals surface area (Å²) in [4.78, 5) is 29.7. The number of carbonyl (C=O) groups excluding carboxylic acids is 2. The molecule has 4 aromatic rings. The maximum absolute atomic E-state index is 12.8. The van der Waals surface area contributed by atoms with Gasteiger partial charge in [0.2, 0.25) is 0 Å². The predicted molar refractivity (Wildman–Crippen MR) is 135 cm³/mol. The third-order valence-corrected chi connectivity index (χ3v) is 6.23. The number of hydrogen-bond acceptors (Lipinski definition) is 4. The molecule has 2 amide bonds. The van der Waals surface area contributed by atoms with E-state index in [1.165, 1.54) is 12.8 Å². The van der Waals surface area contributed by atoms with Crippen molar-refractivity contribution in [3.8, 4) is 5.75 Å². The van der Waals surface area contributed by atoms with Gasteiger partial charge >= 0.3 is 0 Å². The molecule has 2 aromatic heterocycles.